The van der Waals surface area contributed by atoms with Crippen LogP contribution in [-0.4, -0.2) is 0 Å². The Balaban J connectivity index is 1.36. The molecule has 0 aliphatic heterocycles. The van der Waals surface area contributed by atoms with Crippen molar-refractivity contribution in [3.63, 3.8) is 0 Å². The summed E-state index contributed by atoms with van der Waals surface area (Å²) in [6.45, 7) is 4.39. The van der Waals surface area contributed by atoms with E-state index in [4.69, 9.17) is 0 Å². The summed E-state index contributed by atoms with van der Waals surface area (Å²) in [6, 6.07) is 22.2. The van der Waals surface area contributed by atoms with E-state index in [0.29, 0.717) is 0 Å². The Kier molecular flexibility index (Phi) is 6.81. The van der Waals surface area contributed by atoms with Gasteiger partial charge in [0.15, 0.2) is 0 Å². The van der Waals surface area contributed by atoms with E-state index in [2.05, 4.69) is 86.4 Å². The van der Waals surface area contributed by atoms with Crippen LogP contribution >= 0.6 is 22.7 Å². The number of aryl methyl sites for hydroxylation is 2. The second kappa shape index (κ2) is 10.1. The van der Waals surface area contributed by atoms with Crippen molar-refractivity contribution in [1.82, 2.24) is 0 Å². The van der Waals surface area contributed by atoms with Crippen LogP contribution in [0.4, 0.5) is 0 Å². The largest absolute Gasteiger partial charge is 0.134 e. The molecule has 0 unspecified atom stereocenters. The normalized spacial score (nSPS) is 11.3. The first-order valence-corrected chi connectivity index (χ1v) is 13.8. The Morgan fingerprint density at radius 1 is 0.636 bits per heavy atom. The van der Waals surface area contributed by atoms with E-state index in [1.165, 1.54) is 85.6 Å². The Morgan fingerprint density at radius 3 is 2.00 bits per heavy atom. The summed E-state index contributed by atoms with van der Waals surface area (Å²) >= 11 is 3.87. The van der Waals surface area contributed by atoms with E-state index in [9.17, 15) is 0 Å². The van der Waals surface area contributed by atoms with Crippen LogP contribution in [0.3, 0.4) is 0 Å². The van der Waals surface area contributed by atoms with Crippen molar-refractivity contribution in [2.75, 3.05) is 0 Å². The second-order valence-electron chi connectivity index (χ2n) is 9.04. The Bertz CT molecular complexity index is 1450. The molecule has 0 bridgehead atoms. The SMILES string of the molecule is CCCCCCCCc1ccc2c(c1)sc1c3ccc(C#Cc4ccc(C)cc4)cc3sc21. The Morgan fingerprint density at radius 2 is 1.24 bits per heavy atom. The lowest BCUT2D eigenvalue weighted by atomic mass is 10.0. The van der Waals surface area contributed by atoms with Crippen molar-refractivity contribution < 1.29 is 0 Å². The molecule has 0 amide bonds. The molecule has 0 aliphatic carbocycles. The highest BCUT2D eigenvalue weighted by Crippen LogP contribution is 2.44. The highest BCUT2D eigenvalue weighted by Gasteiger charge is 2.12. The standard InChI is InChI=1S/C31H30S2/c1-3-4-5-6-7-8-9-24-16-18-26-28(20-24)32-31-27-19-17-25(21-29(27)33-30(26)31)15-14-23-12-10-22(2)11-13-23/h10-13,16-21H,3-9H2,1-2H3. The van der Waals surface area contributed by atoms with Gasteiger partial charge in [0.25, 0.3) is 0 Å². The minimum absolute atomic E-state index is 1.07. The summed E-state index contributed by atoms with van der Waals surface area (Å²) in [6.07, 6.45) is 9.35. The third-order valence-corrected chi connectivity index (χ3v) is 8.87. The molecule has 2 heteroatoms. The van der Waals surface area contributed by atoms with Crippen molar-refractivity contribution in [3.8, 4) is 11.8 Å². The van der Waals surface area contributed by atoms with Gasteiger partial charge in [-0.3, -0.25) is 0 Å². The van der Waals surface area contributed by atoms with Gasteiger partial charge in [0.05, 0.1) is 9.40 Å². The first kappa shape index (κ1) is 22.2. The summed E-state index contributed by atoms with van der Waals surface area (Å²) < 4.78 is 5.63. The fourth-order valence-corrected chi connectivity index (χ4v) is 7.18. The third-order valence-electron chi connectivity index (χ3n) is 6.37. The zero-order valence-corrected chi connectivity index (χ0v) is 21.2. The molecule has 0 radical (unpaired) electrons. The molecule has 0 spiro atoms. The molecule has 0 nitrogen and oxygen atoms in total. The lowest BCUT2D eigenvalue weighted by molar-refractivity contribution is 0.607. The van der Waals surface area contributed by atoms with Gasteiger partial charge in [-0.15, -0.1) is 22.7 Å². The quantitative estimate of drug-likeness (QED) is 0.165. The van der Waals surface area contributed by atoms with Crippen LogP contribution in [0.1, 0.15) is 67.7 Å². The molecule has 166 valence electrons. The molecule has 5 rings (SSSR count). The van der Waals surface area contributed by atoms with Gasteiger partial charge < -0.3 is 0 Å². The lowest BCUT2D eigenvalue weighted by Gasteiger charge is -2.02. The van der Waals surface area contributed by atoms with Crippen molar-refractivity contribution in [3.05, 3.63) is 82.9 Å². The van der Waals surface area contributed by atoms with Gasteiger partial charge in [-0.2, -0.15) is 0 Å². The zero-order chi connectivity index (χ0) is 22.6. The van der Waals surface area contributed by atoms with Gasteiger partial charge in [0, 0.05) is 31.3 Å². The molecule has 5 aromatic rings. The van der Waals surface area contributed by atoms with Crippen LogP contribution in [0.15, 0.2) is 60.7 Å². The molecule has 3 aromatic carbocycles. The number of thiophene rings is 2. The minimum atomic E-state index is 1.07. The van der Waals surface area contributed by atoms with Crippen molar-refractivity contribution in [1.29, 1.82) is 0 Å². The van der Waals surface area contributed by atoms with E-state index in [1.54, 1.807) is 0 Å². The number of hydrogen-bond acceptors (Lipinski definition) is 2. The van der Waals surface area contributed by atoms with Gasteiger partial charge in [-0.25, -0.2) is 0 Å². The molecule has 2 heterocycles. The Hall–Kier alpha value is -2.60. The summed E-state index contributed by atoms with van der Waals surface area (Å²) in [4.78, 5) is 0. The molecule has 0 N–H and O–H groups in total. The predicted octanol–water partition coefficient (Wildman–Crippen LogP) is 9.88. The predicted molar refractivity (Wildman–Crippen MR) is 149 cm³/mol. The maximum atomic E-state index is 3.35. The Labute approximate surface area is 205 Å². The van der Waals surface area contributed by atoms with Crippen LogP contribution in [0.25, 0.3) is 29.6 Å². The van der Waals surface area contributed by atoms with Crippen LogP contribution in [0, 0.1) is 18.8 Å². The second-order valence-corrected chi connectivity index (χ2v) is 11.1. The highest BCUT2D eigenvalue weighted by molar-refractivity contribution is 7.36. The summed E-state index contributed by atoms with van der Waals surface area (Å²) in [7, 11) is 0. The van der Waals surface area contributed by atoms with Crippen LogP contribution in [-0.2, 0) is 6.42 Å². The van der Waals surface area contributed by atoms with Crippen molar-refractivity contribution in [2.24, 2.45) is 0 Å². The fourth-order valence-electron chi connectivity index (χ4n) is 4.42. The molecule has 0 saturated carbocycles. The average molecular weight is 467 g/mol. The lowest BCUT2D eigenvalue weighted by Crippen LogP contribution is -1.85. The first-order valence-electron chi connectivity index (χ1n) is 12.2. The van der Waals surface area contributed by atoms with Crippen LogP contribution in [0.2, 0.25) is 0 Å². The number of hydrogen-bond donors (Lipinski definition) is 0. The average Bonchev–Trinajstić information content (AvgIpc) is 3.36. The van der Waals surface area contributed by atoms with E-state index < -0.39 is 0 Å². The molecule has 0 fully saturated rings. The summed E-state index contributed by atoms with van der Waals surface area (Å²) in [5, 5.41) is 2.78. The molecule has 0 saturated heterocycles. The van der Waals surface area contributed by atoms with Gasteiger partial charge in [-0.05, 0) is 55.7 Å². The maximum absolute atomic E-state index is 3.35. The number of benzene rings is 3. The van der Waals surface area contributed by atoms with Gasteiger partial charge in [-0.1, -0.05) is 86.8 Å². The van der Waals surface area contributed by atoms with Gasteiger partial charge >= 0.3 is 0 Å². The number of unbranched alkanes of at least 4 members (excludes halogenated alkanes) is 5. The number of fused-ring (bicyclic) bond motifs is 5. The number of rotatable bonds is 7. The molecular formula is C31H30S2. The van der Waals surface area contributed by atoms with Gasteiger partial charge in [0.2, 0.25) is 0 Å². The van der Waals surface area contributed by atoms with Gasteiger partial charge in [0.1, 0.15) is 0 Å². The fraction of sp³-hybridized carbons (Fsp3) is 0.290. The molecule has 0 atom stereocenters. The van der Waals surface area contributed by atoms with E-state index in [-0.39, 0.29) is 0 Å². The van der Waals surface area contributed by atoms with Crippen LogP contribution in [0.5, 0.6) is 0 Å². The topological polar surface area (TPSA) is 0 Å². The molecular weight excluding hydrogens is 436 g/mol. The van der Waals surface area contributed by atoms with Crippen molar-refractivity contribution >= 4 is 52.2 Å². The van der Waals surface area contributed by atoms with Crippen molar-refractivity contribution in [2.45, 2.75) is 58.8 Å². The monoisotopic (exact) mass is 466 g/mol. The summed E-state index contributed by atoms with van der Waals surface area (Å²) in [5.41, 5.74) is 4.91. The van der Waals surface area contributed by atoms with E-state index in [0.717, 1.165) is 11.1 Å². The third kappa shape index (κ3) is 5.01. The minimum Gasteiger partial charge on any atom is -0.134 e. The van der Waals surface area contributed by atoms with E-state index >= 15 is 0 Å². The maximum Gasteiger partial charge on any atom is 0.0542 e. The summed E-state index contributed by atoms with van der Waals surface area (Å²) in [5.74, 6) is 6.65. The molecule has 2 aromatic heterocycles. The smallest absolute Gasteiger partial charge is 0.0542 e. The first-order chi connectivity index (χ1) is 16.2. The zero-order valence-electron chi connectivity index (χ0n) is 19.5. The van der Waals surface area contributed by atoms with E-state index in [1.807, 2.05) is 22.7 Å². The molecule has 0 aliphatic rings. The van der Waals surface area contributed by atoms with Crippen LogP contribution < -0.4 is 0 Å². The molecule has 33 heavy (non-hydrogen) atoms. The highest BCUT2D eigenvalue weighted by atomic mass is 32.1.